The van der Waals surface area contributed by atoms with Gasteiger partial charge in [-0.2, -0.15) is 0 Å². The number of ether oxygens (including phenoxy) is 2. The highest BCUT2D eigenvalue weighted by Gasteiger charge is 2.22. The van der Waals surface area contributed by atoms with E-state index in [0.29, 0.717) is 6.54 Å². The Bertz CT molecular complexity index is 815. The topological polar surface area (TPSA) is 54.9 Å². The standard InChI is InChI=1S/C21H27N3O3S/c1-23(12-9-16-7-8-18(26-2)19(14-16)27-3)15-20(25)24-11-5-13-28-21-17(24)6-4-10-22-21/h4,6-8,10,14H,5,9,11-13,15H2,1-3H3. The largest absolute Gasteiger partial charge is 0.493 e. The van der Waals surface area contributed by atoms with E-state index in [1.807, 2.05) is 42.3 Å². The Labute approximate surface area is 170 Å². The van der Waals surface area contributed by atoms with E-state index in [-0.39, 0.29) is 5.91 Å². The lowest BCUT2D eigenvalue weighted by Crippen LogP contribution is -2.40. The van der Waals surface area contributed by atoms with Crippen LogP contribution in [0.1, 0.15) is 12.0 Å². The monoisotopic (exact) mass is 401 g/mol. The lowest BCUT2D eigenvalue weighted by atomic mass is 10.1. The number of thioether (sulfide) groups is 1. The van der Waals surface area contributed by atoms with Crippen molar-refractivity contribution in [3.8, 4) is 11.5 Å². The van der Waals surface area contributed by atoms with E-state index in [1.54, 1.807) is 32.2 Å². The van der Waals surface area contributed by atoms with E-state index in [2.05, 4.69) is 9.88 Å². The van der Waals surface area contributed by atoms with Gasteiger partial charge in [-0.3, -0.25) is 9.69 Å². The summed E-state index contributed by atoms with van der Waals surface area (Å²) in [7, 11) is 5.25. The van der Waals surface area contributed by atoms with Gasteiger partial charge in [0.15, 0.2) is 11.5 Å². The summed E-state index contributed by atoms with van der Waals surface area (Å²) in [5.41, 5.74) is 2.08. The second kappa shape index (κ2) is 9.80. The number of nitrogens with zero attached hydrogens (tertiary/aromatic N) is 3. The molecule has 150 valence electrons. The Morgan fingerprint density at radius 2 is 2.07 bits per heavy atom. The summed E-state index contributed by atoms with van der Waals surface area (Å²) in [6.45, 7) is 1.91. The average molecular weight is 402 g/mol. The van der Waals surface area contributed by atoms with E-state index in [1.165, 1.54) is 0 Å². The van der Waals surface area contributed by atoms with E-state index >= 15 is 0 Å². The molecular weight excluding hydrogens is 374 g/mol. The molecule has 0 saturated carbocycles. The summed E-state index contributed by atoms with van der Waals surface area (Å²) in [4.78, 5) is 21.3. The molecule has 0 unspecified atom stereocenters. The van der Waals surface area contributed by atoms with Crippen LogP contribution in [0, 0.1) is 0 Å². The van der Waals surface area contributed by atoms with Gasteiger partial charge in [-0.05, 0) is 49.7 Å². The zero-order chi connectivity index (χ0) is 19.9. The molecule has 0 atom stereocenters. The number of hydrogen-bond acceptors (Lipinski definition) is 6. The number of benzene rings is 1. The molecule has 7 heteroatoms. The van der Waals surface area contributed by atoms with Crippen molar-refractivity contribution in [1.82, 2.24) is 9.88 Å². The molecule has 0 fully saturated rings. The van der Waals surface area contributed by atoms with Crippen molar-refractivity contribution in [3.63, 3.8) is 0 Å². The number of methoxy groups -OCH3 is 2. The second-order valence-corrected chi connectivity index (χ2v) is 7.84. The van der Waals surface area contributed by atoms with Gasteiger partial charge in [0.25, 0.3) is 0 Å². The Morgan fingerprint density at radius 3 is 2.86 bits per heavy atom. The van der Waals surface area contributed by atoms with Crippen molar-refractivity contribution in [2.75, 3.05) is 51.6 Å². The van der Waals surface area contributed by atoms with Crippen LogP contribution in [0.3, 0.4) is 0 Å². The summed E-state index contributed by atoms with van der Waals surface area (Å²) in [5, 5.41) is 0.946. The first-order valence-electron chi connectivity index (χ1n) is 9.40. The van der Waals surface area contributed by atoms with Crippen molar-refractivity contribution >= 4 is 23.4 Å². The summed E-state index contributed by atoms with van der Waals surface area (Å²) in [6, 6.07) is 9.82. The molecule has 0 bridgehead atoms. The number of pyridine rings is 1. The maximum absolute atomic E-state index is 12.9. The number of aromatic nitrogens is 1. The van der Waals surface area contributed by atoms with Crippen LogP contribution in [0.4, 0.5) is 5.69 Å². The molecule has 1 aliphatic rings. The fourth-order valence-corrected chi connectivity index (χ4v) is 4.15. The van der Waals surface area contributed by atoms with Crippen LogP contribution in [0.15, 0.2) is 41.6 Å². The maximum atomic E-state index is 12.9. The van der Waals surface area contributed by atoms with Gasteiger partial charge in [0.05, 0.1) is 26.5 Å². The van der Waals surface area contributed by atoms with Gasteiger partial charge in [0.1, 0.15) is 5.03 Å². The Morgan fingerprint density at radius 1 is 1.25 bits per heavy atom. The molecule has 0 radical (unpaired) electrons. The fraction of sp³-hybridized carbons (Fsp3) is 0.429. The summed E-state index contributed by atoms with van der Waals surface area (Å²) >= 11 is 1.72. The number of fused-ring (bicyclic) bond motifs is 1. The molecule has 2 aromatic rings. The molecule has 1 amide bonds. The lowest BCUT2D eigenvalue weighted by Gasteiger charge is -2.25. The average Bonchev–Trinajstić information content (AvgIpc) is 2.94. The van der Waals surface area contributed by atoms with Gasteiger partial charge in [0.2, 0.25) is 5.91 Å². The summed E-state index contributed by atoms with van der Waals surface area (Å²) < 4.78 is 10.6. The zero-order valence-electron chi connectivity index (χ0n) is 16.7. The smallest absolute Gasteiger partial charge is 0.241 e. The normalized spacial score (nSPS) is 13.8. The van der Waals surface area contributed by atoms with Crippen molar-refractivity contribution < 1.29 is 14.3 Å². The Kier molecular flexibility index (Phi) is 7.17. The lowest BCUT2D eigenvalue weighted by molar-refractivity contribution is -0.119. The molecule has 0 N–H and O–H groups in total. The molecule has 0 spiro atoms. The van der Waals surface area contributed by atoms with E-state index in [4.69, 9.17) is 9.47 Å². The second-order valence-electron chi connectivity index (χ2n) is 6.75. The quantitative estimate of drug-likeness (QED) is 0.711. The SMILES string of the molecule is COc1ccc(CCN(C)CC(=O)N2CCCSc3ncccc32)cc1OC. The minimum atomic E-state index is 0.117. The van der Waals surface area contributed by atoms with Gasteiger partial charge >= 0.3 is 0 Å². The first-order chi connectivity index (χ1) is 13.6. The first-order valence-corrected chi connectivity index (χ1v) is 10.4. The molecular formula is C21H27N3O3S. The Hall–Kier alpha value is -2.25. The van der Waals surface area contributed by atoms with Gasteiger partial charge in [0, 0.05) is 25.0 Å². The fourth-order valence-electron chi connectivity index (χ4n) is 3.22. The molecule has 28 heavy (non-hydrogen) atoms. The highest BCUT2D eigenvalue weighted by Crippen LogP contribution is 2.31. The van der Waals surface area contributed by atoms with Crippen molar-refractivity contribution in [1.29, 1.82) is 0 Å². The van der Waals surface area contributed by atoms with E-state index in [0.717, 1.165) is 59.5 Å². The van der Waals surface area contributed by atoms with Crippen LogP contribution < -0.4 is 14.4 Å². The molecule has 0 aliphatic carbocycles. The molecule has 1 aliphatic heterocycles. The molecule has 1 aromatic carbocycles. The van der Waals surface area contributed by atoms with Crippen LogP contribution in [0.2, 0.25) is 0 Å². The third kappa shape index (κ3) is 4.97. The molecule has 1 aromatic heterocycles. The number of rotatable bonds is 7. The van der Waals surface area contributed by atoms with Gasteiger partial charge in [-0.15, -0.1) is 11.8 Å². The minimum absolute atomic E-state index is 0.117. The van der Waals surface area contributed by atoms with Crippen molar-refractivity contribution in [2.24, 2.45) is 0 Å². The van der Waals surface area contributed by atoms with Gasteiger partial charge in [-0.1, -0.05) is 6.07 Å². The first kappa shape index (κ1) is 20.5. The highest BCUT2D eigenvalue weighted by atomic mass is 32.2. The zero-order valence-corrected chi connectivity index (χ0v) is 17.5. The number of hydrogen-bond donors (Lipinski definition) is 0. The van der Waals surface area contributed by atoms with Crippen LogP contribution in [0.25, 0.3) is 0 Å². The van der Waals surface area contributed by atoms with Crippen LogP contribution in [-0.2, 0) is 11.2 Å². The van der Waals surface area contributed by atoms with Gasteiger partial charge < -0.3 is 14.4 Å². The molecule has 2 heterocycles. The predicted octanol–water partition coefficient (Wildman–Crippen LogP) is 3.10. The van der Waals surface area contributed by atoms with Crippen molar-refractivity contribution in [2.45, 2.75) is 17.9 Å². The molecule has 3 rings (SSSR count). The number of anilines is 1. The predicted molar refractivity (Wildman–Crippen MR) is 113 cm³/mol. The number of likely N-dealkylation sites (N-methyl/N-ethyl adjacent to an activating group) is 1. The molecule has 0 saturated heterocycles. The molecule has 6 nitrogen and oxygen atoms in total. The number of amides is 1. The van der Waals surface area contributed by atoms with E-state index < -0.39 is 0 Å². The Balaban J connectivity index is 1.59. The number of carbonyl (C=O) groups is 1. The third-order valence-electron chi connectivity index (χ3n) is 4.74. The summed E-state index contributed by atoms with van der Waals surface area (Å²) in [6.07, 6.45) is 3.59. The number of carbonyl (C=O) groups excluding carboxylic acids is 1. The third-order valence-corrected chi connectivity index (χ3v) is 5.82. The van der Waals surface area contributed by atoms with Crippen LogP contribution in [0.5, 0.6) is 11.5 Å². The van der Waals surface area contributed by atoms with Crippen molar-refractivity contribution in [3.05, 3.63) is 42.1 Å². The van der Waals surface area contributed by atoms with Crippen LogP contribution in [-0.4, -0.2) is 62.4 Å². The van der Waals surface area contributed by atoms with Gasteiger partial charge in [-0.25, -0.2) is 4.98 Å². The summed E-state index contributed by atoms with van der Waals surface area (Å²) in [5.74, 6) is 2.56. The van der Waals surface area contributed by atoms with E-state index in [9.17, 15) is 4.79 Å². The highest BCUT2D eigenvalue weighted by molar-refractivity contribution is 7.99. The maximum Gasteiger partial charge on any atom is 0.241 e. The minimum Gasteiger partial charge on any atom is -0.493 e. The van der Waals surface area contributed by atoms with Crippen LogP contribution >= 0.6 is 11.8 Å².